The number of phenolic OH excluding ortho intramolecular Hbond substituents is 1. The zero-order valence-corrected chi connectivity index (χ0v) is 10.2. The molecule has 1 aromatic rings. The van der Waals surface area contributed by atoms with Crippen LogP contribution in [0.3, 0.4) is 0 Å². The Balaban J connectivity index is 2.05. The van der Waals surface area contributed by atoms with Crippen molar-refractivity contribution in [1.29, 1.82) is 0 Å². The first-order valence-corrected chi connectivity index (χ1v) is 6.16. The van der Waals surface area contributed by atoms with Crippen LogP contribution in [-0.2, 0) is 6.54 Å². The molecule has 0 aromatic heterocycles. The number of rotatable bonds is 3. The van der Waals surface area contributed by atoms with Crippen LogP contribution in [0.5, 0.6) is 5.75 Å². The molecule has 1 saturated carbocycles. The zero-order valence-electron chi connectivity index (χ0n) is 10.2. The van der Waals surface area contributed by atoms with Crippen LogP contribution in [0, 0.1) is 6.92 Å². The topological polar surface area (TPSA) is 23.5 Å². The minimum atomic E-state index is 0.465. The van der Waals surface area contributed by atoms with Gasteiger partial charge in [-0.2, -0.15) is 0 Å². The van der Waals surface area contributed by atoms with Gasteiger partial charge in [0.05, 0.1) is 0 Å². The smallest absolute Gasteiger partial charge is 0.122 e. The number of nitrogens with zero attached hydrogens (tertiary/aromatic N) is 1. The van der Waals surface area contributed by atoms with Gasteiger partial charge in [0.2, 0.25) is 0 Å². The predicted octanol–water partition coefficient (Wildman–Crippen LogP) is 3.08. The first-order valence-electron chi connectivity index (χ1n) is 6.16. The Labute approximate surface area is 97.9 Å². The fourth-order valence-electron chi connectivity index (χ4n) is 2.59. The highest BCUT2D eigenvalue weighted by molar-refractivity contribution is 5.39. The highest BCUT2D eigenvalue weighted by Crippen LogP contribution is 2.27. The number of aromatic hydroxyl groups is 1. The molecule has 1 aliphatic carbocycles. The van der Waals surface area contributed by atoms with Gasteiger partial charge in [0.1, 0.15) is 5.75 Å². The van der Waals surface area contributed by atoms with Crippen LogP contribution in [0.2, 0.25) is 0 Å². The molecule has 0 radical (unpaired) electrons. The Morgan fingerprint density at radius 1 is 1.31 bits per heavy atom. The molecule has 2 rings (SSSR count). The molecule has 0 atom stereocenters. The Morgan fingerprint density at radius 2 is 2.00 bits per heavy atom. The van der Waals surface area contributed by atoms with Gasteiger partial charge in [0.15, 0.2) is 0 Å². The molecule has 0 saturated heterocycles. The van der Waals surface area contributed by atoms with Crippen molar-refractivity contribution in [2.45, 2.75) is 45.2 Å². The Hall–Kier alpha value is -1.02. The first kappa shape index (κ1) is 11.5. The lowest BCUT2D eigenvalue weighted by molar-refractivity contribution is 0.234. The van der Waals surface area contributed by atoms with Crippen molar-refractivity contribution in [3.8, 4) is 5.75 Å². The maximum atomic E-state index is 9.96. The third-order valence-corrected chi connectivity index (χ3v) is 3.69. The molecule has 1 aliphatic rings. The monoisotopic (exact) mass is 219 g/mol. The van der Waals surface area contributed by atoms with Crippen LogP contribution in [0.25, 0.3) is 0 Å². The molecule has 0 bridgehead atoms. The maximum Gasteiger partial charge on any atom is 0.122 e. The Kier molecular flexibility index (Phi) is 3.49. The van der Waals surface area contributed by atoms with E-state index < -0.39 is 0 Å². The van der Waals surface area contributed by atoms with Crippen LogP contribution < -0.4 is 0 Å². The molecule has 1 N–H and O–H groups in total. The van der Waals surface area contributed by atoms with Gasteiger partial charge in [-0.25, -0.2) is 0 Å². The van der Waals surface area contributed by atoms with Gasteiger partial charge in [-0.05, 0) is 32.4 Å². The molecule has 2 heteroatoms. The first-order chi connectivity index (χ1) is 7.68. The molecule has 0 spiro atoms. The summed E-state index contributed by atoms with van der Waals surface area (Å²) in [6.45, 7) is 2.81. The van der Waals surface area contributed by atoms with Crippen molar-refractivity contribution in [3.63, 3.8) is 0 Å². The second-order valence-electron chi connectivity index (χ2n) is 4.94. The van der Waals surface area contributed by atoms with Gasteiger partial charge in [0, 0.05) is 18.2 Å². The van der Waals surface area contributed by atoms with Gasteiger partial charge in [-0.1, -0.05) is 31.0 Å². The molecule has 16 heavy (non-hydrogen) atoms. The average Bonchev–Trinajstić information content (AvgIpc) is 2.78. The summed E-state index contributed by atoms with van der Waals surface area (Å²) in [6.07, 6.45) is 5.33. The molecule has 0 unspecified atom stereocenters. The van der Waals surface area contributed by atoms with E-state index in [2.05, 4.69) is 11.9 Å². The number of hydrogen-bond donors (Lipinski definition) is 1. The number of aryl methyl sites for hydroxylation is 1. The van der Waals surface area contributed by atoms with Crippen molar-refractivity contribution in [2.75, 3.05) is 7.05 Å². The van der Waals surface area contributed by atoms with E-state index in [-0.39, 0.29) is 0 Å². The summed E-state index contributed by atoms with van der Waals surface area (Å²) < 4.78 is 0. The zero-order chi connectivity index (χ0) is 11.5. The molecule has 0 aliphatic heterocycles. The SMILES string of the molecule is Cc1cccc(CN(C)C2CCCC2)c1O. The quantitative estimate of drug-likeness (QED) is 0.844. The summed E-state index contributed by atoms with van der Waals surface area (Å²) >= 11 is 0. The van der Waals surface area contributed by atoms with Crippen LogP contribution in [-0.4, -0.2) is 23.1 Å². The van der Waals surface area contributed by atoms with E-state index in [1.165, 1.54) is 25.7 Å². The lowest BCUT2D eigenvalue weighted by Gasteiger charge is -2.24. The van der Waals surface area contributed by atoms with Crippen LogP contribution in [0.1, 0.15) is 36.8 Å². The number of benzene rings is 1. The number of hydrogen-bond acceptors (Lipinski definition) is 2. The highest BCUT2D eigenvalue weighted by Gasteiger charge is 2.20. The number of para-hydroxylation sites is 1. The van der Waals surface area contributed by atoms with E-state index in [1.807, 2.05) is 25.1 Å². The summed E-state index contributed by atoms with van der Waals surface area (Å²) in [6, 6.07) is 6.70. The lowest BCUT2D eigenvalue weighted by atomic mass is 10.1. The summed E-state index contributed by atoms with van der Waals surface area (Å²) in [4.78, 5) is 2.38. The van der Waals surface area contributed by atoms with E-state index in [1.54, 1.807) is 0 Å². The Morgan fingerprint density at radius 3 is 2.69 bits per heavy atom. The lowest BCUT2D eigenvalue weighted by Crippen LogP contribution is -2.28. The fraction of sp³-hybridized carbons (Fsp3) is 0.571. The van der Waals surface area contributed by atoms with Crippen molar-refractivity contribution in [1.82, 2.24) is 4.90 Å². The van der Waals surface area contributed by atoms with Gasteiger partial charge in [-0.3, -0.25) is 4.90 Å². The normalized spacial score (nSPS) is 17.2. The molecular weight excluding hydrogens is 198 g/mol. The van der Waals surface area contributed by atoms with Crippen LogP contribution >= 0.6 is 0 Å². The van der Waals surface area contributed by atoms with Crippen molar-refractivity contribution in [2.24, 2.45) is 0 Å². The maximum absolute atomic E-state index is 9.96. The molecular formula is C14H21NO. The van der Waals surface area contributed by atoms with Gasteiger partial charge < -0.3 is 5.11 Å². The van der Waals surface area contributed by atoms with E-state index >= 15 is 0 Å². The summed E-state index contributed by atoms with van der Waals surface area (Å²) in [5.74, 6) is 0.465. The third kappa shape index (κ3) is 2.38. The molecule has 88 valence electrons. The largest absolute Gasteiger partial charge is 0.507 e. The second-order valence-corrected chi connectivity index (χ2v) is 4.94. The predicted molar refractivity (Wildman–Crippen MR) is 66.6 cm³/mol. The average molecular weight is 219 g/mol. The van der Waals surface area contributed by atoms with Crippen LogP contribution in [0.15, 0.2) is 18.2 Å². The molecule has 1 fully saturated rings. The standard InChI is InChI=1S/C14H21NO/c1-11-6-5-7-12(14(11)16)10-15(2)13-8-3-4-9-13/h5-7,13,16H,3-4,8-10H2,1-2H3. The molecule has 0 amide bonds. The molecule has 1 aromatic carbocycles. The third-order valence-electron chi connectivity index (χ3n) is 3.69. The molecule has 0 heterocycles. The van der Waals surface area contributed by atoms with E-state index in [0.29, 0.717) is 11.8 Å². The van der Waals surface area contributed by atoms with Crippen molar-refractivity contribution < 1.29 is 5.11 Å². The summed E-state index contributed by atoms with van der Waals surface area (Å²) in [7, 11) is 2.16. The minimum absolute atomic E-state index is 0.465. The van der Waals surface area contributed by atoms with E-state index in [0.717, 1.165) is 17.7 Å². The Bertz CT molecular complexity index is 356. The van der Waals surface area contributed by atoms with Crippen molar-refractivity contribution in [3.05, 3.63) is 29.3 Å². The fourth-order valence-corrected chi connectivity index (χ4v) is 2.59. The summed E-state index contributed by atoms with van der Waals surface area (Å²) in [5, 5.41) is 9.96. The van der Waals surface area contributed by atoms with Crippen LogP contribution in [0.4, 0.5) is 0 Å². The summed E-state index contributed by atoms with van der Waals surface area (Å²) in [5.41, 5.74) is 2.02. The second kappa shape index (κ2) is 4.88. The van der Waals surface area contributed by atoms with E-state index in [4.69, 9.17) is 0 Å². The van der Waals surface area contributed by atoms with Gasteiger partial charge in [0.25, 0.3) is 0 Å². The highest BCUT2D eigenvalue weighted by atomic mass is 16.3. The number of phenols is 1. The molecule has 2 nitrogen and oxygen atoms in total. The van der Waals surface area contributed by atoms with Crippen molar-refractivity contribution >= 4 is 0 Å². The van der Waals surface area contributed by atoms with Gasteiger partial charge >= 0.3 is 0 Å². The minimum Gasteiger partial charge on any atom is -0.507 e. The van der Waals surface area contributed by atoms with E-state index in [9.17, 15) is 5.11 Å². The van der Waals surface area contributed by atoms with Gasteiger partial charge in [-0.15, -0.1) is 0 Å².